The summed E-state index contributed by atoms with van der Waals surface area (Å²) in [6.07, 6.45) is 0. The molecule has 13 heavy (non-hydrogen) atoms. The zero-order valence-electron chi connectivity index (χ0n) is 7.36. The molecule has 1 aromatic carbocycles. The highest BCUT2D eigenvalue weighted by molar-refractivity contribution is 5.82. The number of hydrogen-bond donors (Lipinski definition) is 2. The molecule has 0 heterocycles. The third-order valence-corrected chi connectivity index (χ3v) is 1.56. The second kappa shape index (κ2) is 3.45. The van der Waals surface area contributed by atoms with Crippen LogP contribution in [0.25, 0.3) is 0 Å². The van der Waals surface area contributed by atoms with Gasteiger partial charge in [-0.25, -0.2) is 0 Å². The number of ether oxygens (including phenoxy) is 1. The molecule has 0 aliphatic carbocycles. The van der Waals surface area contributed by atoms with Crippen LogP contribution in [0.4, 0.5) is 0 Å². The predicted octanol–water partition coefficient (Wildman–Crippen LogP) is 0.226. The van der Waals surface area contributed by atoms with E-state index in [1.165, 1.54) is 6.92 Å². The molecule has 0 fully saturated rings. The zero-order valence-corrected chi connectivity index (χ0v) is 7.36. The van der Waals surface area contributed by atoms with Gasteiger partial charge in [0.1, 0.15) is 5.75 Å². The lowest BCUT2D eigenvalue weighted by atomic mass is 10.2. The number of benzene rings is 1. The Morgan fingerprint density at radius 2 is 1.92 bits per heavy atom. The van der Waals surface area contributed by atoms with Gasteiger partial charge in [-0.1, -0.05) is 18.2 Å². The molecule has 4 heteroatoms. The first-order valence-electron chi connectivity index (χ1n) is 3.85. The Balaban J connectivity index is 2.75. The summed E-state index contributed by atoms with van der Waals surface area (Å²) in [4.78, 5) is 10.8. The molecule has 1 amide bonds. The van der Waals surface area contributed by atoms with Gasteiger partial charge >= 0.3 is 0 Å². The van der Waals surface area contributed by atoms with Crippen molar-refractivity contribution in [1.82, 2.24) is 0 Å². The number of carbonyl (C=O) groups is 1. The van der Waals surface area contributed by atoms with Gasteiger partial charge in [-0.15, -0.1) is 0 Å². The summed E-state index contributed by atoms with van der Waals surface area (Å²) in [5.41, 5.74) is 9.07. The van der Waals surface area contributed by atoms with Gasteiger partial charge < -0.3 is 10.5 Å². The van der Waals surface area contributed by atoms with Crippen molar-refractivity contribution in [2.24, 2.45) is 11.5 Å². The van der Waals surface area contributed by atoms with Gasteiger partial charge in [0.2, 0.25) is 5.72 Å². The van der Waals surface area contributed by atoms with E-state index in [-0.39, 0.29) is 0 Å². The standard InChI is InChI=1S/C9H12N2O2/c1-9(11,8(10)12)13-7-5-3-2-4-6-7/h2-6H,11H2,1H3,(H2,10,12). The molecule has 0 aromatic heterocycles. The molecule has 1 rings (SSSR count). The molecule has 70 valence electrons. The molecule has 0 saturated carbocycles. The van der Waals surface area contributed by atoms with E-state index in [2.05, 4.69) is 0 Å². The molecule has 0 aliphatic rings. The second-order valence-electron chi connectivity index (χ2n) is 2.89. The number of amides is 1. The molecule has 0 aliphatic heterocycles. The van der Waals surface area contributed by atoms with Crippen molar-refractivity contribution in [3.63, 3.8) is 0 Å². The van der Waals surface area contributed by atoms with Crippen LogP contribution in [0, 0.1) is 0 Å². The zero-order chi connectivity index (χ0) is 9.90. The number of nitrogens with two attached hydrogens (primary N) is 2. The van der Waals surface area contributed by atoms with Crippen LogP contribution in [0.5, 0.6) is 5.75 Å². The number of primary amides is 1. The number of rotatable bonds is 3. The topological polar surface area (TPSA) is 78.3 Å². The van der Waals surface area contributed by atoms with Crippen LogP contribution in [0.3, 0.4) is 0 Å². The first-order valence-corrected chi connectivity index (χ1v) is 3.85. The molecule has 1 atom stereocenters. The first-order chi connectivity index (χ1) is 6.02. The van der Waals surface area contributed by atoms with Crippen molar-refractivity contribution in [1.29, 1.82) is 0 Å². The quantitative estimate of drug-likeness (QED) is 0.653. The number of para-hydroxylation sites is 1. The SMILES string of the molecule is CC(N)(Oc1ccccc1)C(N)=O. The lowest BCUT2D eigenvalue weighted by Crippen LogP contribution is -2.54. The van der Waals surface area contributed by atoms with E-state index in [4.69, 9.17) is 16.2 Å². The van der Waals surface area contributed by atoms with E-state index in [0.29, 0.717) is 5.75 Å². The van der Waals surface area contributed by atoms with E-state index in [1.807, 2.05) is 6.07 Å². The maximum absolute atomic E-state index is 10.8. The maximum Gasteiger partial charge on any atom is 0.276 e. The molecule has 0 radical (unpaired) electrons. The van der Waals surface area contributed by atoms with Gasteiger partial charge in [0, 0.05) is 0 Å². The van der Waals surface area contributed by atoms with Crippen molar-refractivity contribution < 1.29 is 9.53 Å². The molecule has 0 saturated heterocycles. The predicted molar refractivity (Wildman–Crippen MR) is 48.9 cm³/mol. The molecule has 1 unspecified atom stereocenters. The summed E-state index contributed by atoms with van der Waals surface area (Å²) < 4.78 is 5.17. The molecule has 1 aromatic rings. The highest BCUT2D eigenvalue weighted by Crippen LogP contribution is 2.13. The highest BCUT2D eigenvalue weighted by Gasteiger charge is 2.27. The molecule has 4 N–H and O–H groups in total. The first kappa shape index (κ1) is 9.54. The number of carbonyl (C=O) groups excluding carboxylic acids is 1. The Kier molecular flexibility index (Phi) is 2.53. The van der Waals surface area contributed by atoms with Crippen LogP contribution in [0.2, 0.25) is 0 Å². The maximum atomic E-state index is 10.8. The van der Waals surface area contributed by atoms with Crippen molar-refractivity contribution in [3.8, 4) is 5.75 Å². The van der Waals surface area contributed by atoms with Crippen LogP contribution >= 0.6 is 0 Å². The fourth-order valence-electron chi connectivity index (χ4n) is 0.784. The van der Waals surface area contributed by atoms with Crippen LogP contribution in [-0.4, -0.2) is 11.6 Å². The fraction of sp³-hybridized carbons (Fsp3) is 0.222. The van der Waals surface area contributed by atoms with Crippen molar-refractivity contribution in [2.75, 3.05) is 0 Å². The minimum Gasteiger partial charge on any atom is -0.464 e. The largest absolute Gasteiger partial charge is 0.464 e. The second-order valence-corrected chi connectivity index (χ2v) is 2.89. The van der Waals surface area contributed by atoms with Crippen molar-refractivity contribution in [3.05, 3.63) is 30.3 Å². The average Bonchev–Trinajstić information content (AvgIpc) is 2.05. The molecule has 0 spiro atoms. The summed E-state index contributed by atoms with van der Waals surface area (Å²) in [5.74, 6) is -0.178. The van der Waals surface area contributed by atoms with Gasteiger partial charge in [-0.3, -0.25) is 10.5 Å². The summed E-state index contributed by atoms with van der Waals surface area (Å²) in [6, 6.07) is 8.81. The van der Waals surface area contributed by atoms with E-state index >= 15 is 0 Å². The van der Waals surface area contributed by atoms with E-state index in [1.54, 1.807) is 24.3 Å². The van der Waals surface area contributed by atoms with Gasteiger partial charge in [0.15, 0.2) is 0 Å². The van der Waals surface area contributed by atoms with Gasteiger partial charge in [0.05, 0.1) is 0 Å². The van der Waals surface area contributed by atoms with Crippen LogP contribution in [-0.2, 0) is 4.79 Å². The van der Waals surface area contributed by atoms with Gasteiger partial charge in [-0.2, -0.15) is 0 Å². The smallest absolute Gasteiger partial charge is 0.276 e. The Hall–Kier alpha value is -1.55. The third-order valence-electron chi connectivity index (χ3n) is 1.56. The average molecular weight is 180 g/mol. The van der Waals surface area contributed by atoms with Crippen molar-refractivity contribution in [2.45, 2.75) is 12.6 Å². The molecule has 0 bridgehead atoms. The molecule has 4 nitrogen and oxygen atoms in total. The minimum absolute atomic E-state index is 0.520. The van der Waals surface area contributed by atoms with Gasteiger partial charge in [0.25, 0.3) is 5.91 Å². The summed E-state index contributed by atoms with van der Waals surface area (Å²) in [5, 5.41) is 0. The van der Waals surface area contributed by atoms with Crippen molar-refractivity contribution >= 4 is 5.91 Å². The Morgan fingerprint density at radius 1 is 1.38 bits per heavy atom. The number of hydrogen-bond acceptors (Lipinski definition) is 3. The lowest BCUT2D eigenvalue weighted by molar-refractivity contribution is -0.131. The Labute approximate surface area is 76.5 Å². The lowest BCUT2D eigenvalue weighted by Gasteiger charge is -2.22. The van der Waals surface area contributed by atoms with E-state index in [0.717, 1.165) is 0 Å². The fourth-order valence-corrected chi connectivity index (χ4v) is 0.784. The van der Waals surface area contributed by atoms with E-state index < -0.39 is 11.6 Å². The van der Waals surface area contributed by atoms with Crippen LogP contribution in [0.1, 0.15) is 6.92 Å². The normalized spacial score (nSPS) is 14.6. The Bertz CT molecular complexity index is 296. The summed E-state index contributed by atoms with van der Waals surface area (Å²) >= 11 is 0. The van der Waals surface area contributed by atoms with E-state index in [9.17, 15) is 4.79 Å². The summed E-state index contributed by atoms with van der Waals surface area (Å²) in [7, 11) is 0. The monoisotopic (exact) mass is 180 g/mol. The Morgan fingerprint density at radius 3 is 2.38 bits per heavy atom. The summed E-state index contributed by atoms with van der Waals surface area (Å²) in [6.45, 7) is 1.42. The van der Waals surface area contributed by atoms with Gasteiger partial charge in [-0.05, 0) is 19.1 Å². The highest BCUT2D eigenvalue weighted by atomic mass is 16.5. The van der Waals surface area contributed by atoms with Crippen LogP contribution < -0.4 is 16.2 Å². The molecular formula is C9H12N2O2. The minimum atomic E-state index is -1.46. The van der Waals surface area contributed by atoms with Crippen LogP contribution in [0.15, 0.2) is 30.3 Å². The third kappa shape index (κ3) is 2.45. The molecular weight excluding hydrogens is 168 g/mol.